The van der Waals surface area contributed by atoms with Gasteiger partial charge in [0.15, 0.2) is 0 Å². The lowest BCUT2D eigenvalue weighted by Crippen LogP contribution is -1.90. The predicted octanol–water partition coefficient (Wildman–Crippen LogP) is 9.10. The van der Waals surface area contributed by atoms with Crippen molar-refractivity contribution in [2.45, 2.75) is 0 Å². The van der Waals surface area contributed by atoms with Crippen LogP contribution in [0.2, 0.25) is 0 Å². The lowest BCUT2D eigenvalue weighted by atomic mass is 9.92. The number of hydrogen-bond donors (Lipinski definition) is 0. The highest BCUT2D eigenvalue weighted by atomic mass is 15.0. The van der Waals surface area contributed by atoms with E-state index in [-0.39, 0.29) is 0 Å². The first-order valence-corrected chi connectivity index (χ1v) is 13.7. The van der Waals surface area contributed by atoms with Crippen LogP contribution in [0, 0.1) is 0 Å². The van der Waals surface area contributed by atoms with E-state index in [1.54, 1.807) is 0 Å². The van der Waals surface area contributed by atoms with E-state index in [2.05, 4.69) is 130 Å². The number of nitrogens with zero attached hydrogens (tertiary/aromatic N) is 4. The van der Waals surface area contributed by atoms with Crippen molar-refractivity contribution >= 4 is 27.5 Å². The summed E-state index contributed by atoms with van der Waals surface area (Å²) in [5.74, 6) is 0. The highest BCUT2D eigenvalue weighted by molar-refractivity contribution is 6.12. The molecule has 8 rings (SSSR count). The maximum atomic E-state index is 5.05. The van der Waals surface area contributed by atoms with Crippen LogP contribution in [0.25, 0.3) is 72.0 Å². The Kier molecular flexibility index (Phi) is 5.42. The number of rotatable bonds is 4. The molecule has 0 radical (unpaired) electrons. The first kappa shape index (κ1) is 23.3. The highest BCUT2D eigenvalue weighted by Gasteiger charge is 2.15. The molecule has 0 aliphatic heterocycles. The molecule has 0 saturated heterocycles. The quantitative estimate of drug-likeness (QED) is 0.231. The van der Waals surface area contributed by atoms with E-state index in [4.69, 9.17) is 4.98 Å². The molecule has 4 nitrogen and oxygen atoms in total. The van der Waals surface area contributed by atoms with E-state index in [9.17, 15) is 0 Å². The van der Waals surface area contributed by atoms with E-state index in [0.717, 1.165) is 61.0 Å². The summed E-state index contributed by atoms with van der Waals surface area (Å²) in [4.78, 5) is 13.5. The number of imidazole rings is 1. The molecule has 0 aliphatic rings. The topological polar surface area (TPSA) is 43.1 Å². The van der Waals surface area contributed by atoms with Crippen LogP contribution in [0.4, 0.5) is 0 Å². The van der Waals surface area contributed by atoms with Crippen LogP contribution >= 0.6 is 0 Å². The van der Waals surface area contributed by atoms with Crippen LogP contribution < -0.4 is 0 Å². The maximum absolute atomic E-state index is 5.05. The fraction of sp³-hybridized carbons (Fsp3) is 0. The second kappa shape index (κ2) is 9.54. The summed E-state index contributed by atoms with van der Waals surface area (Å²) in [5, 5.41) is 2.35. The van der Waals surface area contributed by atoms with E-state index in [1.807, 2.05) is 30.9 Å². The minimum Gasteiger partial charge on any atom is -0.299 e. The summed E-state index contributed by atoms with van der Waals surface area (Å²) in [5.41, 5.74) is 12.3. The third-order valence-electron chi connectivity index (χ3n) is 7.77. The molecule has 0 atom stereocenters. The van der Waals surface area contributed by atoms with Gasteiger partial charge >= 0.3 is 0 Å². The largest absolute Gasteiger partial charge is 0.299 e. The Morgan fingerprint density at radius 2 is 1.07 bits per heavy atom. The molecule has 0 bridgehead atoms. The van der Waals surface area contributed by atoms with Gasteiger partial charge in [-0.05, 0) is 111 Å². The van der Waals surface area contributed by atoms with Crippen LogP contribution in [-0.2, 0) is 0 Å². The van der Waals surface area contributed by atoms with Crippen LogP contribution in [0.3, 0.4) is 0 Å². The van der Waals surface area contributed by atoms with Gasteiger partial charge in [-0.3, -0.25) is 14.4 Å². The normalized spacial score (nSPS) is 11.4. The Morgan fingerprint density at radius 1 is 0.463 bits per heavy atom. The summed E-state index contributed by atoms with van der Waals surface area (Å²) in [6, 6.07) is 40.8. The van der Waals surface area contributed by atoms with E-state index >= 15 is 0 Å². The van der Waals surface area contributed by atoms with Gasteiger partial charge in [-0.25, -0.2) is 4.98 Å². The summed E-state index contributed by atoms with van der Waals surface area (Å²) < 4.78 is 2.20. The standard InChI is InChI=1S/C37H24N4/c1-2-9-33-29(6-1)24-34(37-36(33)40-35-10-3-4-19-41(35)37)28-8-5-7-27(20-28)32-22-30(25-11-15-38-16-12-25)21-31(23-32)26-13-17-39-18-14-26/h1-24H. The number of aromatic nitrogens is 4. The minimum absolute atomic E-state index is 0.948. The van der Waals surface area contributed by atoms with Gasteiger partial charge in [-0.2, -0.15) is 0 Å². The van der Waals surface area contributed by atoms with Gasteiger partial charge in [-0.15, -0.1) is 0 Å². The molecule has 0 N–H and O–H groups in total. The zero-order chi connectivity index (χ0) is 27.2. The Morgan fingerprint density at radius 3 is 1.80 bits per heavy atom. The van der Waals surface area contributed by atoms with Crippen molar-refractivity contribution in [3.05, 3.63) is 146 Å². The lowest BCUT2D eigenvalue weighted by molar-refractivity contribution is 1.23. The van der Waals surface area contributed by atoms with Crippen molar-refractivity contribution in [1.82, 2.24) is 19.4 Å². The molecule has 4 aromatic heterocycles. The van der Waals surface area contributed by atoms with Gasteiger partial charge < -0.3 is 0 Å². The SMILES string of the molecule is c1cc(-c2cc(-c3ccncc3)cc(-c3ccncc3)c2)cc(-c2cc3ccccc3c3nc4ccccn4c23)c1. The van der Waals surface area contributed by atoms with Crippen molar-refractivity contribution in [3.8, 4) is 44.5 Å². The van der Waals surface area contributed by atoms with E-state index in [1.165, 1.54) is 10.9 Å². The third kappa shape index (κ3) is 4.05. The Bertz CT molecular complexity index is 2140. The summed E-state index contributed by atoms with van der Waals surface area (Å²) in [6.45, 7) is 0. The Balaban J connectivity index is 1.36. The fourth-order valence-electron chi connectivity index (χ4n) is 5.81. The van der Waals surface area contributed by atoms with Crippen LogP contribution in [0.15, 0.2) is 146 Å². The highest BCUT2D eigenvalue weighted by Crippen LogP contribution is 2.38. The number of pyridine rings is 3. The lowest BCUT2D eigenvalue weighted by Gasteiger charge is -2.13. The third-order valence-corrected chi connectivity index (χ3v) is 7.77. The Labute approximate surface area is 237 Å². The van der Waals surface area contributed by atoms with Crippen LogP contribution in [0.5, 0.6) is 0 Å². The second-order valence-electron chi connectivity index (χ2n) is 10.2. The zero-order valence-electron chi connectivity index (χ0n) is 22.1. The number of benzene rings is 4. The van der Waals surface area contributed by atoms with Crippen LogP contribution in [0.1, 0.15) is 0 Å². The summed E-state index contributed by atoms with van der Waals surface area (Å²) in [7, 11) is 0. The number of hydrogen-bond acceptors (Lipinski definition) is 3. The second-order valence-corrected chi connectivity index (χ2v) is 10.2. The first-order chi connectivity index (χ1) is 20.3. The molecule has 8 aromatic rings. The number of fused-ring (bicyclic) bond motifs is 5. The predicted molar refractivity (Wildman–Crippen MR) is 168 cm³/mol. The maximum Gasteiger partial charge on any atom is 0.137 e. The van der Waals surface area contributed by atoms with Crippen molar-refractivity contribution in [3.63, 3.8) is 0 Å². The average molecular weight is 525 g/mol. The molecule has 4 aromatic carbocycles. The van der Waals surface area contributed by atoms with Crippen molar-refractivity contribution in [2.75, 3.05) is 0 Å². The molecule has 0 amide bonds. The van der Waals surface area contributed by atoms with Gasteiger partial charge in [0.05, 0.1) is 11.0 Å². The molecule has 192 valence electrons. The van der Waals surface area contributed by atoms with Gasteiger partial charge in [0.2, 0.25) is 0 Å². The molecule has 0 spiro atoms. The molecule has 0 unspecified atom stereocenters. The van der Waals surface area contributed by atoms with Gasteiger partial charge in [0.1, 0.15) is 5.65 Å². The summed E-state index contributed by atoms with van der Waals surface area (Å²) >= 11 is 0. The molecule has 41 heavy (non-hydrogen) atoms. The molecule has 0 saturated carbocycles. The van der Waals surface area contributed by atoms with Gasteiger partial charge in [-0.1, -0.05) is 48.5 Å². The molecular formula is C37H24N4. The smallest absolute Gasteiger partial charge is 0.137 e. The van der Waals surface area contributed by atoms with Crippen molar-refractivity contribution in [2.24, 2.45) is 0 Å². The van der Waals surface area contributed by atoms with E-state index in [0.29, 0.717) is 0 Å². The molecular weight excluding hydrogens is 500 g/mol. The van der Waals surface area contributed by atoms with Crippen LogP contribution in [-0.4, -0.2) is 19.4 Å². The minimum atomic E-state index is 0.948. The zero-order valence-corrected chi connectivity index (χ0v) is 22.1. The molecule has 0 aliphatic carbocycles. The van der Waals surface area contributed by atoms with Gasteiger partial charge in [0.25, 0.3) is 0 Å². The van der Waals surface area contributed by atoms with Gasteiger partial charge in [0, 0.05) is 41.9 Å². The van der Waals surface area contributed by atoms with Crippen molar-refractivity contribution in [1.29, 1.82) is 0 Å². The van der Waals surface area contributed by atoms with Crippen molar-refractivity contribution < 1.29 is 0 Å². The Hall–Kier alpha value is -5.61. The first-order valence-electron chi connectivity index (χ1n) is 13.7. The molecule has 4 heteroatoms. The molecule has 0 fully saturated rings. The van der Waals surface area contributed by atoms with E-state index < -0.39 is 0 Å². The fourth-order valence-corrected chi connectivity index (χ4v) is 5.81. The molecule has 4 heterocycles. The monoisotopic (exact) mass is 524 g/mol. The average Bonchev–Trinajstić information content (AvgIpc) is 3.45. The summed E-state index contributed by atoms with van der Waals surface area (Å²) in [6.07, 6.45) is 9.47.